The minimum atomic E-state index is 0.256. The molecule has 96 valence electrons. The average molecular weight is 253 g/mol. The standard InChI is InChI=1S/C13H23N3S/c1-5-14-11(17)16-15-10-8-9-6-7-13(10,4)12(9,2)3/h9H,5-8H2,1-4H3,(H2,14,16,17)/b15-10-/t9-,13-/m1/s1. The lowest BCUT2D eigenvalue weighted by molar-refractivity contribution is 0.193. The molecule has 3 nitrogen and oxygen atoms in total. The van der Waals surface area contributed by atoms with E-state index in [1.165, 1.54) is 18.6 Å². The quantitative estimate of drug-likeness (QED) is 0.587. The normalized spacial score (nSPS) is 36.2. The number of hydrogen-bond acceptors (Lipinski definition) is 2. The largest absolute Gasteiger partial charge is 0.362 e. The first-order valence-electron chi connectivity index (χ1n) is 6.52. The van der Waals surface area contributed by atoms with Gasteiger partial charge in [0.25, 0.3) is 0 Å². The average Bonchev–Trinajstić information content (AvgIpc) is 2.59. The number of rotatable bonds is 2. The number of hydrogen-bond donors (Lipinski definition) is 2. The van der Waals surface area contributed by atoms with Crippen molar-refractivity contribution in [3.05, 3.63) is 0 Å². The SMILES string of the molecule is CCNC(=S)N/N=C1/C[C@H]2CC[C@@]1(C)C2(C)C. The van der Waals surface area contributed by atoms with E-state index >= 15 is 0 Å². The predicted molar refractivity (Wildman–Crippen MR) is 76.1 cm³/mol. The summed E-state index contributed by atoms with van der Waals surface area (Å²) in [5.74, 6) is 0.792. The molecule has 4 heteroatoms. The molecule has 2 N–H and O–H groups in total. The van der Waals surface area contributed by atoms with Gasteiger partial charge in [-0.15, -0.1) is 0 Å². The molecule has 0 radical (unpaired) electrons. The van der Waals surface area contributed by atoms with Crippen LogP contribution in [-0.2, 0) is 0 Å². The van der Waals surface area contributed by atoms with Crippen LogP contribution in [0.2, 0.25) is 0 Å². The van der Waals surface area contributed by atoms with Gasteiger partial charge in [-0.1, -0.05) is 20.8 Å². The summed E-state index contributed by atoms with van der Waals surface area (Å²) >= 11 is 5.14. The van der Waals surface area contributed by atoms with E-state index in [0.29, 0.717) is 10.5 Å². The molecule has 2 atom stereocenters. The van der Waals surface area contributed by atoms with Crippen molar-refractivity contribution in [1.29, 1.82) is 0 Å². The Bertz CT molecular complexity index is 362. The van der Waals surface area contributed by atoms with Crippen LogP contribution in [-0.4, -0.2) is 17.4 Å². The summed E-state index contributed by atoms with van der Waals surface area (Å²) in [5, 5.41) is 8.24. The van der Waals surface area contributed by atoms with Crippen LogP contribution in [0.25, 0.3) is 0 Å². The minimum absolute atomic E-state index is 0.256. The van der Waals surface area contributed by atoms with Gasteiger partial charge in [0, 0.05) is 17.7 Å². The van der Waals surface area contributed by atoms with Crippen molar-refractivity contribution in [1.82, 2.24) is 10.7 Å². The highest BCUT2D eigenvalue weighted by molar-refractivity contribution is 7.80. The maximum absolute atomic E-state index is 5.14. The van der Waals surface area contributed by atoms with Gasteiger partial charge in [0.2, 0.25) is 0 Å². The molecule has 0 aromatic heterocycles. The number of thiocarbonyl (C=S) groups is 1. The molecule has 0 aliphatic heterocycles. The highest BCUT2D eigenvalue weighted by atomic mass is 32.1. The summed E-state index contributed by atoms with van der Waals surface area (Å²) in [6.45, 7) is 9.99. The monoisotopic (exact) mass is 253 g/mol. The fraction of sp³-hybridized carbons (Fsp3) is 0.846. The fourth-order valence-corrected chi connectivity index (χ4v) is 3.61. The Morgan fingerprint density at radius 3 is 2.65 bits per heavy atom. The first-order valence-corrected chi connectivity index (χ1v) is 6.93. The second-order valence-corrected chi connectivity index (χ2v) is 6.43. The van der Waals surface area contributed by atoms with Crippen LogP contribution in [0.5, 0.6) is 0 Å². The van der Waals surface area contributed by atoms with Crippen molar-refractivity contribution in [2.24, 2.45) is 21.8 Å². The summed E-state index contributed by atoms with van der Waals surface area (Å²) in [4.78, 5) is 0. The molecule has 17 heavy (non-hydrogen) atoms. The Morgan fingerprint density at radius 1 is 1.47 bits per heavy atom. The Labute approximate surface area is 109 Å². The fourth-order valence-electron chi connectivity index (χ4n) is 3.42. The molecule has 0 amide bonds. The van der Waals surface area contributed by atoms with Crippen LogP contribution in [0, 0.1) is 16.7 Å². The number of fused-ring (bicyclic) bond motifs is 2. The maximum atomic E-state index is 5.14. The van der Waals surface area contributed by atoms with E-state index in [1.54, 1.807) is 0 Å². The summed E-state index contributed by atoms with van der Waals surface area (Å²) < 4.78 is 0. The third-order valence-electron chi connectivity index (χ3n) is 5.14. The third kappa shape index (κ3) is 1.86. The predicted octanol–water partition coefficient (Wildman–Crippen LogP) is 2.67. The first-order chi connectivity index (χ1) is 7.91. The van der Waals surface area contributed by atoms with Gasteiger partial charge in [-0.05, 0) is 49.7 Å². The minimum Gasteiger partial charge on any atom is -0.362 e. The van der Waals surface area contributed by atoms with Gasteiger partial charge in [-0.25, -0.2) is 0 Å². The molecule has 2 bridgehead atoms. The molecular formula is C13H23N3S. The first kappa shape index (κ1) is 12.8. The Hall–Kier alpha value is -0.640. The molecule has 2 saturated carbocycles. The van der Waals surface area contributed by atoms with Crippen LogP contribution in [0.4, 0.5) is 0 Å². The molecule has 2 aliphatic carbocycles. The zero-order valence-corrected chi connectivity index (χ0v) is 12.1. The second kappa shape index (κ2) is 4.23. The summed E-state index contributed by atoms with van der Waals surface area (Å²) in [7, 11) is 0. The van der Waals surface area contributed by atoms with E-state index in [-0.39, 0.29) is 5.41 Å². The lowest BCUT2D eigenvalue weighted by atomic mass is 9.70. The topological polar surface area (TPSA) is 36.4 Å². The van der Waals surface area contributed by atoms with Crippen LogP contribution in [0.15, 0.2) is 5.10 Å². The Morgan fingerprint density at radius 2 is 2.18 bits per heavy atom. The van der Waals surface area contributed by atoms with Crippen LogP contribution in [0.3, 0.4) is 0 Å². The van der Waals surface area contributed by atoms with Gasteiger partial charge in [0.1, 0.15) is 0 Å². The van der Waals surface area contributed by atoms with E-state index in [1.807, 2.05) is 6.92 Å². The number of nitrogens with one attached hydrogen (secondary N) is 2. The smallest absolute Gasteiger partial charge is 0.186 e. The van der Waals surface area contributed by atoms with Gasteiger partial charge < -0.3 is 5.32 Å². The summed E-state index contributed by atoms with van der Waals surface area (Å²) in [5.41, 5.74) is 4.92. The van der Waals surface area contributed by atoms with Crippen molar-refractivity contribution < 1.29 is 0 Å². The summed E-state index contributed by atoms with van der Waals surface area (Å²) in [6, 6.07) is 0. The van der Waals surface area contributed by atoms with Gasteiger partial charge in [0.05, 0.1) is 0 Å². The number of hydrazone groups is 1. The van der Waals surface area contributed by atoms with Crippen molar-refractivity contribution >= 4 is 23.0 Å². The van der Waals surface area contributed by atoms with Gasteiger partial charge in [-0.2, -0.15) is 5.10 Å². The second-order valence-electron chi connectivity index (χ2n) is 6.02. The van der Waals surface area contributed by atoms with Crippen LogP contribution >= 0.6 is 12.2 Å². The molecular weight excluding hydrogens is 230 g/mol. The zero-order chi connectivity index (χ0) is 12.7. The van der Waals surface area contributed by atoms with Crippen molar-refractivity contribution in [2.45, 2.75) is 47.0 Å². The molecule has 2 aliphatic rings. The van der Waals surface area contributed by atoms with E-state index in [2.05, 4.69) is 36.6 Å². The third-order valence-corrected chi connectivity index (χ3v) is 5.38. The summed E-state index contributed by atoms with van der Waals surface area (Å²) in [6.07, 6.45) is 3.74. The molecule has 2 rings (SSSR count). The highest BCUT2D eigenvalue weighted by Gasteiger charge is 2.59. The zero-order valence-electron chi connectivity index (χ0n) is 11.3. The van der Waals surface area contributed by atoms with Gasteiger partial charge in [-0.3, -0.25) is 5.43 Å². The van der Waals surface area contributed by atoms with Crippen LogP contribution in [0.1, 0.15) is 47.0 Å². The molecule has 2 fully saturated rings. The Kier molecular flexibility index (Phi) is 3.19. The van der Waals surface area contributed by atoms with Gasteiger partial charge in [0.15, 0.2) is 5.11 Å². The highest BCUT2D eigenvalue weighted by Crippen LogP contribution is 2.63. The van der Waals surface area contributed by atoms with E-state index < -0.39 is 0 Å². The molecule has 0 aromatic rings. The Balaban J connectivity index is 2.10. The molecule has 0 aromatic carbocycles. The lowest BCUT2D eigenvalue weighted by Gasteiger charge is -2.34. The lowest BCUT2D eigenvalue weighted by Crippen LogP contribution is -2.36. The van der Waals surface area contributed by atoms with E-state index in [4.69, 9.17) is 12.2 Å². The molecule has 0 unspecified atom stereocenters. The van der Waals surface area contributed by atoms with Crippen molar-refractivity contribution in [3.8, 4) is 0 Å². The van der Waals surface area contributed by atoms with Crippen molar-refractivity contribution in [2.75, 3.05) is 6.54 Å². The van der Waals surface area contributed by atoms with Crippen LogP contribution < -0.4 is 10.7 Å². The van der Waals surface area contributed by atoms with Crippen molar-refractivity contribution in [3.63, 3.8) is 0 Å². The number of nitrogens with zero attached hydrogens (tertiary/aromatic N) is 1. The van der Waals surface area contributed by atoms with E-state index in [0.717, 1.165) is 18.9 Å². The molecule has 0 spiro atoms. The van der Waals surface area contributed by atoms with E-state index in [9.17, 15) is 0 Å². The molecule has 0 saturated heterocycles. The van der Waals surface area contributed by atoms with Gasteiger partial charge >= 0.3 is 0 Å². The molecule has 0 heterocycles. The maximum Gasteiger partial charge on any atom is 0.186 e.